The van der Waals surface area contributed by atoms with Gasteiger partial charge >= 0.3 is 0 Å². The Morgan fingerprint density at radius 2 is 0.850 bits per heavy atom. The molecule has 4 heteroatoms. The van der Waals surface area contributed by atoms with E-state index < -0.39 is 0 Å². The lowest BCUT2D eigenvalue weighted by molar-refractivity contribution is 1.34. The van der Waals surface area contributed by atoms with Crippen LogP contribution in [0.3, 0.4) is 0 Å². The van der Waals surface area contributed by atoms with Crippen molar-refractivity contribution >= 4 is 46.4 Å². The normalized spacial score (nSPS) is 10.0. The molecule has 0 radical (unpaired) electrons. The zero-order chi connectivity index (χ0) is 15.4. The topological polar surface area (TPSA) is 0 Å². The maximum absolute atomic E-state index is 5.89. The summed E-state index contributed by atoms with van der Waals surface area (Å²) in [6.07, 6.45) is 0. The molecule has 20 heavy (non-hydrogen) atoms. The highest BCUT2D eigenvalue weighted by Gasteiger charge is 2.14. The molecule has 0 heterocycles. The van der Waals surface area contributed by atoms with Crippen LogP contribution in [0.5, 0.6) is 0 Å². The second kappa shape index (κ2) is 7.56. The van der Waals surface area contributed by atoms with Gasteiger partial charge < -0.3 is 0 Å². The van der Waals surface area contributed by atoms with Crippen LogP contribution in [0, 0.1) is 27.7 Å². The summed E-state index contributed by atoms with van der Waals surface area (Å²) < 4.78 is 0. The standard InChI is InChI=1S/C8H6Cl4.C8H10/c1-3-4(2)6(10)8(12)7(11)5(3)9;1-7-5-3-4-6-8(7)2/h1-2H3;3-6H,1-2H3. The van der Waals surface area contributed by atoms with Crippen molar-refractivity contribution in [3.8, 4) is 0 Å². The Hall–Kier alpha value is -0.400. The number of hydrogen-bond acceptors (Lipinski definition) is 0. The fourth-order valence-corrected chi connectivity index (χ4v) is 2.56. The van der Waals surface area contributed by atoms with E-state index in [1.165, 1.54) is 11.1 Å². The zero-order valence-corrected chi connectivity index (χ0v) is 14.8. The summed E-state index contributed by atoms with van der Waals surface area (Å²) in [4.78, 5) is 0. The van der Waals surface area contributed by atoms with E-state index in [1.54, 1.807) is 0 Å². The average molecular weight is 350 g/mol. The minimum Gasteiger partial charge on any atom is -0.0824 e. The van der Waals surface area contributed by atoms with Gasteiger partial charge in [-0.3, -0.25) is 0 Å². The third-order valence-electron chi connectivity index (χ3n) is 3.22. The van der Waals surface area contributed by atoms with Crippen LogP contribution in [0.25, 0.3) is 0 Å². The van der Waals surface area contributed by atoms with E-state index in [4.69, 9.17) is 46.4 Å². The summed E-state index contributed by atoms with van der Waals surface area (Å²) >= 11 is 23.4. The van der Waals surface area contributed by atoms with Crippen molar-refractivity contribution in [1.82, 2.24) is 0 Å². The fourth-order valence-electron chi connectivity index (χ4n) is 1.51. The molecule has 0 saturated carbocycles. The highest BCUT2D eigenvalue weighted by Crippen LogP contribution is 2.40. The monoisotopic (exact) mass is 348 g/mol. The average Bonchev–Trinajstić information content (AvgIpc) is 2.45. The highest BCUT2D eigenvalue weighted by atomic mass is 35.5. The molecule has 108 valence electrons. The Bertz CT molecular complexity index is 492. The number of aryl methyl sites for hydroxylation is 2. The zero-order valence-electron chi connectivity index (χ0n) is 11.8. The second-order valence-electron chi connectivity index (χ2n) is 4.59. The predicted molar refractivity (Wildman–Crippen MR) is 91.9 cm³/mol. The fraction of sp³-hybridized carbons (Fsp3) is 0.250. The third kappa shape index (κ3) is 4.05. The second-order valence-corrected chi connectivity index (χ2v) is 6.10. The summed E-state index contributed by atoms with van der Waals surface area (Å²) in [5.41, 5.74) is 4.48. The Morgan fingerprint density at radius 3 is 1.10 bits per heavy atom. The Labute approximate surface area is 140 Å². The predicted octanol–water partition coefficient (Wildman–Crippen LogP) is 7.22. The van der Waals surface area contributed by atoms with Crippen LogP contribution in [-0.2, 0) is 0 Å². The lowest BCUT2D eigenvalue weighted by Crippen LogP contribution is -1.87. The van der Waals surface area contributed by atoms with Crippen molar-refractivity contribution < 1.29 is 0 Å². The van der Waals surface area contributed by atoms with Crippen LogP contribution in [0.4, 0.5) is 0 Å². The van der Waals surface area contributed by atoms with E-state index >= 15 is 0 Å². The largest absolute Gasteiger partial charge is 0.0824 e. The Kier molecular flexibility index (Phi) is 6.68. The molecular formula is C16H16Cl4. The van der Waals surface area contributed by atoms with Gasteiger partial charge in [-0.2, -0.15) is 0 Å². The van der Waals surface area contributed by atoms with Crippen LogP contribution in [-0.4, -0.2) is 0 Å². The first-order valence-corrected chi connectivity index (χ1v) is 7.60. The van der Waals surface area contributed by atoms with Gasteiger partial charge in [-0.25, -0.2) is 0 Å². The van der Waals surface area contributed by atoms with Crippen LogP contribution in [0.15, 0.2) is 24.3 Å². The molecule has 0 aromatic heterocycles. The van der Waals surface area contributed by atoms with Gasteiger partial charge in [0.05, 0.1) is 20.1 Å². The van der Waals surface area contributed by atoms with Gasteiger partial charge in [0.25, 0.3) is 0 Å². The van der Waals surface area contributed by atoms with Crippen LogP contribution in [0.1, 0.15) is 22.3 Å². The third-order valence-corrected chi connectivity index (χ3v) is 5.22. The summed E-state index contributed by atoms with van der Waals surface area (Å²) in [6.45, 7) is 7.95. The minimum atomic E-state index is 0.325. The molecule has 0 atom stereocenters. The summed E-state index contributed by atoms with van der Waals surface area (Å²) in [6, 6.07) is 8.36. The molecule has 2 aromatic rings. The first-order valence-electron chi connectivity index (χ1n) is 6.08. The minimum absolute atomic E-state index is 0.325. The van der Waals surface area contributed by atoms with Crippen molar-refractivity contribution in [2.45, 2.75) is 27.7 Å². The molecule has 0 nitrogen and oxygen atoms in total. The first-order chi connectivity index (χ1) is 9.27. The van der Waals surface area contributed by atoms with E-state index in [0.717, 1.165) is 11.1 Å². The molecule has 2 aromatic carbocycles. The van der Waals surface area contributed by atoms with Gasteiger partial charge in [0, 0.05) is 0 Å². The molecule has 2 rings (SSSR count). The maximum atomic E-state index is 5.89. The SMILES string of the molecule is Cc1c(C)c(Cl)c(Cl)c(Cl)c1Cl.Cc1ccccc1C. The van der Waals surface area contributed by atoms with Crippen molar-refractivity contribution in [1.29, 1.82) is 0 Å². The van der Waals surface area contributed by atoms with Gasteiger partial charge in [-0.15, -0.1) is 0 Å². The summed E-state index contributed by atoms with van der Waals surface area (Å²) in [5.74, 6) is 0. The molecule has 0 aliphatic heterocycles. The van der Waals surface area contributed by atoms with Crippen molar-refractivity contribution in [3.63, 3.8) is 0 Å². The van der Waals surface area contributed by atoms with Crippen LogP contribution < -0.4 is 0 Å². The smallest absolute Gasteiger partial charge is 0.0796 e. The number of benzene rings is 2. The molecule has 0 spiro atoms. The van der Waals surface area contributed by atoms with E-state index in [9.17, 15) is 0 Å². The summed E-state index contributed by atoms with van der Waals surface area (Å²) in [5, 5.41) is 1.60. The van der Waals surface area contributed by atoms with Crippen molar-refractivity contribution in [2.75, 3.05) is 0 Å². The first kappa shape index (κ1) is 17.7. The highest BCUT2D eigenvalue weighted by molar-refractivity contribution is 6.52. The van der Waals surface area contributed by atoms with E-state index in [2.05, 4.69) is 38.1 Å². The maximum Gasteiger partial charge on any atom is 0.0796 e. The van der Waals surface area contributed by atoms with Gasteiger partial charge in [-0.05, 0) is 49.9 Å². The van der Waals surface area contributed by atoms with E-state index in [1.807, 2.05) is 13.8 Å². The molecule has 0 amide bonds. The van der Waals surface area contributed by atoms with Crippen LogP contribution in [0.2, 0.25) is 20.1 Å². The van der Waals surface area contributed by atoms with Gasteiger partial charge in [0.1, 0.15) is 0 Å². The Balaban J connectivity index is 0.000000217. The number of rotatable bonds is 0. The number of halogens is 4. The quantitative estimate of drug-likeness (QED) is 0.348. The van der Waals surface area contributed by atoms with Crippen LogP contribution >= 0.6 is 46.4 Å². The van der Waals surface area contributed by atoms with Gasteiger partial charge in [-0.1, -0.05) is 70.7 Å². The molecule has 0 N–H and O–H groups in total. The lowest BCUT2D eigenvalue weighted by Gasteiger charge is -2.09. The lowest BCUT2D eigenvalue weighted by atomic mass is 10.1. The van der Waals surface area contributed by atoms with Gasteiger partial charge in [0.15, 0.2) is 0 Å². The molecular weight excluding hydrogens is 334 g/mol. The molecule has 0 aliphatic carbocycles. The van der Waals surface area contributed by atoms with Crippen molar-refractivity contribution in [3.05, 3.63) is 66.6 Å². The Morgan fingerprint density at radius 1 is 0.550 bits per heavy atom. The molecule has 0 aliphatic rings. The molecule has 0 fully saturated rings. The van der Waals surface area contributed by atoms with Gasteiger partial charge in [0.2, 0.25) is 0 Å². The molecule has 0 bridgehead atoms. The van der Waals surface area contributed by atoms with E-state index in [0.29, 0.717) is 20.1 Å². The summed E-state index contributed by atoms with van der Waals surface area (Å²) in [7, 11) is 0. The van der Waals surface area contributed by atoms with E-state index in [-0.39, 0.29) is 0 Å². The molecule has 0 saturated heterocycles. The number of hydrogen-bond donors (Lipinski definition) is 0. The molecule has 0 unspecified atom stereocenters. The van der Waals surface area contributed by atoms with Crippen molar-refractivity contribution in [2.24, 2.45) is 0 Å².